The number of rotatable bonds is 5. The first-order valence-corrected chi connectivity index (χ1v) is 8.46. The lowest BCUT2D eigenvalue weighted by atomic mass is 9.96. The summed E-state index contributed by atoms with van der Waals surface area (Å²) in [6.07, 6.45) is 10.4. The molecule has 1 aliphatic rings. The van der Waals surface area contributed by atoms with Crippen LogP contribution in [0.15, 0.2) is 31.0 Å². The Morgan fingerprint density at radius 2 is 2.08 bits per heavy atom. The van der Waals surface area contributed by atoms with Gasteiger partial charge in [0.05, 0.1) is 18.1 Å². The van der Waals surface area contributed by atoms with Crippen molar-refractivity contribution in [2.24, 2.45) is 11.8 Å². The van der Waals surface area contributed by atoms with Crippen molar-refractivity contribution in [3.63, 3.8) is 0 Å². The van der Waals surface area contributed by atoms with Gasteiger partial charge in [-0.1, -0.05) is 13.8 Å². The minimum absolute atomic E-state index is 0.0337. The van der Waals surface area contributed by atoms with Gasteiger partial charge in [0.15, 0.2) is 0 Å². The molecule has 0 aliphatic carbocycles. The molecule has 24 heavy (non-hydrogen) atoms. The zero-order valence-electron chi connectivity index (χ0n) is 14.2. The molecule has 0 unspecified atom stereocenters. The summed E-state index contributed by atoms with van der Waals surface area (Å²) in [6, 6.07) is 0. The third-order valence-corrected chi connectivity index (χ3v) is 4.19. The van der Waals surface area contributed by atoms with E-state index in [1.54, 1.807) is 24.8 Å². The molecule has 7 heteroatoms. The molecule has 3 heterocycles. The zero-order valence-corrected chi connectivity index (χ0v) is 14.2. The monoisotopic (exact) mass is 328 g/mol. The van der Waals surface area contributed by atoms with E-state index in [0.717, 1.165) is 44.0 Å². The van der Waals surface area contributed by atoms with Gasteiger partial charge in [0.2, 0.25) is 5.91 Å². The van der Waals surface area contributed by atoms with Crippen molar-refractivity contribution >= 4 is 17.4 Å². The van der Waals surface area contributed by atoms with E-state index < -0.39 is 0 Å². The van der Waals surface area contributed by atoms with Crippen LogP contribution >= 0.6 is 0 Å². The molecule has 2 aromatic rings. The predicted octanol–water partition coefficient (Wildman–Crippen LogP) is 2.18. The smallest absolute Gasteiger partial charge is 0.227 e. The number of carbonyl (C=O) groups excluding carboxylic acids is 1. The van der Waals surface area contributed by atoms with Gasteiger partial charge >= 0.3 is 0 Å². The fourth-order valence-electron chi connectivity index (χ4n) is 2.97. The molecule has 0 atom stereocenters. The summed E-state index contributed by atoms with van der Waals surface area (Å²) in [7, 11) is 0. The van der Waals surface area contributed by atoms with Gasteiger partial charge in [-0.05, 0) is 18.8 Å². The highest BCUT2D eigenvalue weighted by atomic mass is 16.1. The van der Waals surface area contributed by atoms with E-state index in [9.17, 15) is 4.79 Å². The van der Waals surface area contributed by atoms with E-state index in [-0.39, 0.29) is 11.8 Å². The molecule has 0 spiro atoms. The highest BCUT2D eigenvalue weighted by Crippen LogP contribution is 2.22. The van der Waals surface area contributed by atoms with Gasteiger partial charge in [-0.2, -0.15) is 5.10 Å². The number of anilines is 2. The summed E-state index contributed by atoms with van der Waals surface area (Å²) in [5, 5.41) is 7.28. The maximum absolute atomic E-state index is 12.4. The van der Waals surface area contributed by atoms with Gasteiger partial charge in [-0.25, -0.2) is 4.98 Å². The summed E-state index contributed by atoms with van der Waals surface area (Å²) in [5.41, 5.74) is 0.775. The number of amides is 1. The molecule has 0 radical (unpaired) electrons. The minimum Gasteiger partial charge on any atom is -0.355 e. The standard InChI is InChI=1S/C17H24N6O/c1-13(2)11-23-12-15(9-20-23)21-17(24)14-3-7-22(8-4-14)16-10-18-5-6-19-16/h5-6,9-10,12-14H,3-4,7-8,11H2,1-2H3,(H,21,24). The van der Waals surface area contributed by atoms with Gasteiger partial charge in [-0.3, -0.25) is 14.5 Å². The highest BCUT2D eigenvalue weighted by molar-refractivity contribution is 5.92. The van der Waals surface area contributed by atoms with Crippen LogP contribution in [0.2, 0.25) is 0 Å². The summed E-state index contributed by atoms with van der Waals surface area (Å²) in [5.74, 6) is 1.52. The molecule has 0 bridgehead atoms. The molecule has 128 valence electrons. The predicted molar refractivity (Wildman–Crippen MR) is 92.7 cm³/mol. The Balaban J connectivity index is 1.51. The first-order valence-electron chi connectivity index (χ1n) is 8.46. The van der Waals surface area contributed by atoms with Crippen LogP contribution in [-0.4, -0.2) is 38.7 Å². The second-order valence-corrected chi connectivity index (χ2v) is 6.66. The molecule has 0 saturated carbocycles. The molecule has 1 amide bonds. The molecular weight excluding hydrogens is 304 g/mol. The van der Waals surface area contributed by atoms with Crippen LogP contribution in [0.25, 0.3) is 0 Å². The SMILES string of the molecule is CC(C)Cn1cc(NC(=O)C2CCN(c3cnccn3)CC2)cn1. The molecule has 1 N–H and O–H groups in total. The van der Waals surface area contributed by atoms with Gasteiger partial charge in [0.25, 0.3) is 0 Å². The van der Waals surface area contributed by atoms with Crippen LogP contribution in [0.1, 0.15) is 26.7 Å². The van der Waals surface area contributed by atoms with Gasteiger partial charge < -0.3 is 10.2 Å². The lowest BCUT2D eigenvalue weighted by Crippen LogP contribution is -2.38. The summed E-state index contributed by atoms with van der Waals surface area (Å²) in [6.45, 7) is 6.79. The fraction of sp³-hybridized carbons (Fsp3) is 0.529. The van der Waals surface area contributed by atoms with Crippen LogP contribution < -0.4 is 10.2 Å². The molecule has 3 rings (SSSR count). The Labute approximate surface area is 142 Å². The van der Waals surface area contributed by atoms with Gasteiger partial charge in [0.1, 0.15) is 5.82 Å². The Hall–Kier alpha value is -2.44. The number of carbonyl (C=O) groups is 1. The highest BCUT2D eigenvalue weighted by Gasteiger charge is 2.25. The normalized spacial score (nSPS) is 15.7. The Morgan fingerprint density at radius 3 is 2.75 bits per heavy atom. The van der Waals surface area contributed by atoms with Gasteiger partial charge in [0, 0.05) is 44.1 Å². The number of aromatic nitrogens is 4. The Kier molecular flexibility index (Phi) is 5.08. The van der Waals surface area contributed by atoms with E-state index in [0.29, 0.717) is 5.92 Å². The number of nitrogens with one attached hydrogen (secondary N) is 1. The molecule has 1 saturated heterocycles. The van der Waals surface area contributed by atoms with Crippen molar-refractivity contribution < 1.29 is 4.79 Å². The lowest BCUT2D eigenvalue weighted by molar-refractivity contribution is -0.120. The van der Waals surface area contributed by atoms with E-state index in [2.05, 4.69) is 39.1 Å². The third-order valence-electron chi connectivity index (χ3n) is 4.19. The second kappa shape index (κ2) is 7.42. The quantitative estimate of drug-likeness (QED) is 0.910. The zero-order chi connectivity index (χ0) is 16.9. The van der Waals surface area contributed by atoms with Crippen molar-refractivity contribution in [3.05, 3.63) is 31.0 Å². The summed E-state index contributed by atoms with van der Waals surface area (Å²) < 4.78 is 1.87. The van der Waals surface area contributed by atoms with E-state index in [1.807, 2.05) is 10.9 Å². The van der Waals surface area contributed by atoms with Crippen LogP contribution in [0.5, 0.6) is 0 Å². The molecule has 0 aromatic carbocycles. The number of hydrogen-bond acceptors (Lipinski definition) is 5. The Bertz CT molecular complexity index is 661. The lowest BCUT2D eigenvalue weighted by Gasteiger charge is -2.31. The van der Waals surface area contributed by atoms with E-state index >= 15 is 0 Å². The fourth-order valence-corrected chi connectivity index (χ4v) is 2.97. The maximum atomic E-state index is 12.4. The van der Waals surface area contributed by atoms with Crippen LogP contribution in [0, 0.1) is 11.8 Å². The van der Waals surface area contributed by atoms with Crippen molar-refractivity contribution in [2.45, 2.75) is 33.2 Å². The second-order valence-electron chi connectivity index (χ2n) is 6.66. The van der Waals surface area contributed by atoms with Crippen LogP contribution in [0.4, 0.5) is 11.5 Å². The largest absolute Gasteiger partial charge is 0.355 e. The van der Waals surface area contributed by atoms with Crippen LogP contribution in [-0.2, 0) is 11.3 Å². The third kappa shape index (κ3) is 4.10. The van der Waals surface area contributed by atoms with Crippen LogP contribution in [0.3, 0.4) is 0 Å². The van der Waals surface area contributed by atoms with Crippen molar-refractivity contribution in [1.82, 2.24) is 19.7 Å². The first kappa shape index (κ1) is 16.4. The van der Waals surface area contributed by atoms with Gasteiger partial charge in [-0.15, -0.1) is 0 Å². The summed E-state index contributed by atoms with van der Waals surface area (Å²) >= 11 is 0. The van der Waals surface area contributed by atoms with Crippen molar-refractivity contribution in [2.75, 3.05) is 23.3 Å². The first-order chi connectivity index (χ1) is 11.6. The average molecular weight is 328 g/mol. The van der Waals surface area contributed by atoms with E-state index in [1.165, 1.54) is 0 Å². The number of nitrogens with zero attached hydrogens (tertiary/aromatic N) is 5. The molecule has 2 aromatic heterocycles. The number of piperidine rings is 1. The van der Waals surface area contributed by atoms with Crippen molar-refractivity contribution in [1.29, 1.82) is 0 Å². The van der Waals surface area contributed by atoms with Crippen molar-refractivity contribution in [3.8, 4) is 0 Å². The minimum atomic E-state index is 0.0337. The maximum Gasteiger partial charge on any atom is 0.227 e. The summed E-state index contributed by atoms with van der Waals surface area (Å²) in [4.78, 5) is 23.0. The van der Waals surface area contributed by atoms with E-state index in [4.69, 9.17) is 0 Å². The number of hydrogen-bond donors (Lipinski definition) is 1. The topological polar surface area (TPSA) is 75.9 Å². The molecule has 1 fully saturated rings. The molecule has 1 aliphatic heterocycles. The average Bonchev–Trinajstić information content (AvgIpc) is 3.02. The molecule has 7 nitrogen and oxygen atoms in total. The molecular formula is C17H24N6O. The Morgan fingerprint density at radius 1 is 1.29 bits per heavy atom.